The van der Waals surface area contributed by atoms with Gasteiger partial charge in [-0.3, -0.25) is 4.55 Å². The predicted molar refractivity (Wildman–Crippen MR) is 110 cm³/mol. The van der Waals surface area contributed by atoms with E-state index in [1.807, 2.05) is 0 Å². The number of rotatable bonds is 9. The number of hydrogen-bond acceptors (Lipinski definition) is 2. The van der Waals surface area contributed by atoms with Crippen molar-refractivity contribution in [1.29, 1.82) is 0 Å². The molecule has 0 saturated heterocycles. The van der Waals surface area contributed by atoms with Crippen molar-refractivity contribution in [1.82, 2.24) is 0 Å². The Balaban J connectivity index is 1.64. The van der Waals surface area contributed by atoms with Gasteiger partial charge in [0.15, 0.2) is 0 Å². The second-order valence-corrected chi connectivity index (χ2v) is 10.6. The second-order valence-electron chi connectivity index (χ2n) is 8.88. The van der Waals surface area contributed by atoms with Crippen molar-refractivity contribution in [2.24, 2.45) is 23.7 Å². The van der Waals surface area contributed by atoms with Gasteiger partial charge in [0.25, 0.3) is 10.1 Å². The van der Waals surface area contributed by atoms with Crippen molar-refractivity contribution in [3.8, 4) is 0 Å². The van der Waals surface area contributed by atoms with E-state index < -0.39 is 15.4 Å². The van der Waals surface area contributed by atoms with Crippen LogP contribution in [-0.4, -0.2) is 18.2 Å². The maximum absolute atomic E-state index is 11.2. The molecular weight excluding hydrogens is 344 g/mol. The lowest BCUT2D eigenvalue weighted by atomic mass is 9.77. The molecule has 2 aliphatic rings. The first-order chi connectivity index (χ1) is 12.4. The maximum atomic E-state index is 11.2. The Morgan fingerprint density at radius 1 is 0.962 bits per heavy atom. The summed E-state index contributed by atoms with van der Waals surface area (Å²) < 4.78 is 31.7. The summed E-state index contributed by atoms with van der Waals surface area (Å²) in [6.45, 7) is 4.65. The molecule has 0 amide bonds. The third kappa shape index (κ3) is 6.99. The molecule has 0 heterocycles. The maximum Gasteiger partial charge on any atom is 0.267 e. The minimum absolute atomic E-state index is 0.517. The molecule has 1 N–H and O–H groups in total. The van der Waals surface area contributed by atoms with Crippen LogP contribution in [0.4, 0.5) is 0 Å². The fourth-order valence-corrected chi connectivity index (χ4v) is 6.11. The molecule has 0 spiro atoms. The first kappa shape index (κ1) is 21.9. The third-order valence-electron chi connectivity index (χ3n) is 7.18. The minimum atomic E-state index is -3.83. The van der Waals surface area contributed by atoms with Crippen LogP contribution in [0.1, 0.15) is 97.3 Å². The van der Waals surface area contributed by atoms with Crippen LogP contribution < -0.4 is 0 Å². The summed E-state index contributed by atoms with van der Waals surface area (Å²) >= 11 is 0. The van der Waals surface area contributed by atoms with Gasteiger partial charge >= 0.3 is 0 Å². The Bertz CT molecular complexity index is 512. The van der Waals surface area contributed by atoms with Gasteiger partial charge in [-0.05, 0) is 68.6 Å². The van der Waals surface area contributed by atoms with E-state index in [4.69, 9.17) is 0 Å². The van der Waals surface area contributed by atoms with E-state index in [1.54, 1.807) is 0 Å². The summed E-state index contributed by atoms with van der Waals surface area (Å²) in [5.74, 6) is 3.09. The van der Waals surface area contributed by atoms with Gasteiger partial charge in [-0.2, -0.15) is 8.42 Å². The van der Waals surface area contributed by atoms with Gasteiger partial charge in [0.2, 0.25) is 0 Å². The highest BCUT2D eigenvalue weighted by Gasteiger charge is 2.31. The Morgan fingerprint density at radius 3 is 2.19 bits per heavy atom. The van der Waals surface area contributed by atoms with E-state index in [1.165, 1.54) is 51.4 Å². The van der Waals surface area contributed by atoms with Gasteiger partial charge in [-0.1, -0.05) is 64.5 Å². The Labute approximate surface area is 161 Å². The Hall–Kier alpha value is -0.350. The van der Waals surface area contributed by atoms with Crippen LogP contribution in [0.2, 0.25) is 0 Å². The summed E-state index contributed by atoms with van der Waals surface area (Å²) in [5.41, 5.74) is 0. The molecule has 3 nitrogen and oxygen atoms in total. The lowest BCUT2D eigenvalue weighted by Crippen LogP contribution is -2.28. The summed E-state index contributed by atoms with van der Waals surface area (Å²) in [6.07, 6.45) is 20.0. The molecule has 0 aliphatic heterocycles. The second kappa shape index (κ2) is 10.8. The lowest BCUT2D eigenvalue weighted by molar-refractivity contribution is 0.242. The van der Waals surface area contributed by atoms with Crippen LogP contribution in [-0.2, 0) is 10.1 Å². The molecule has 2 aliphatic carbocycles. The molecule has 26 heavy (non-hydrogen) atoms. The fourth-order valence-electron chi connectivity index (χ4n) is 5.24. The molecule has 152 valence electrons. The van der Waals surface area contributed by atoms with Crippen LogP contribution in [0.5, 0.6) is 0 Å². The Morgan fingerprint density at radius 2 is 1.62 bits per heavy atom. The average Bonchev–Trinajstić information content (AvgIpc) is 2.64. The van der Waals surface area contributed by atoms with Crippen molar-refractivity contribution in [3.63, 3.8) is 0 Å². The molecule has 2 unspecified atom stereocenters. The van der Waals surface area contributed by atoms with Gasteiger partial charge in [0, 0.05) is 0 Å². The van der Waals surface area contributed by atoms with Crippen LogP contribution in [0.25, 0.3) is 0 Å². The topological polar surface area (TPSA) is 54.4 Å². The first-order valence-electron chi connectivity index (χ1n) is 11.0. The van der Waals surface area contributed by atoms with Crippen molar-refractivity contribution >= 4 is 10.1 Å². The normalized spacial score (nSPS) is 28.3. The van der Waals surface area contributed by atoms with Crippen molar-refractivity contribution in [3.05, 3.63) is 12.2 Å². The smallest absolute Gasteiger partial charge is 0.267 e. The highest BCUT2D eigenvalue weighted by atomic mass is 32.2. The van der Waals surface area contributed by atoms with Crippen molar-refractivity contribution in [2.45, 2.75) is 103 Å². The molecule has 2 saturated carbocycles. The molecule has 0 bridgehead atoms. The highest BCUT2D eigenvalue weighted by Crippen LogP contribution is 2.35. The van der Waals surface area contributed by atoms with Gasteiger partial charge in [0.1, 0.15) is 0 Å². The van der Waals surface area contributed by atoms with E-state index in [9.17, 15) is 13.0 Å². The van der Waals surface area contributed by atoms with Crippen molar-refractivity contribution in [2.75, 3.05) is 0 Å². The summed E-state index contributed by atoms with van der Waals surface area (Å²) in [6, 6.07) is 0. The van der Waals surface area contributed by atoms with E-state index >= 15 is 0 Å². The molecule has 2 fully saturated rings. The lowest BCUT2D eigenvalue weighted by Gasteiger charge is -2.31. The quantitative estimate of drug-likeness (QED) is 0.369. The first-order valence-corrected chi connectivity index (χ1v) is 12.5. The van der Waals surface area contributed by atoms with Crippen molar-refractivity contribution < 1.29 is 13.0 Å². The molecule has 0 aromatic heterocycles. The molecule has 0 aromatic carbocycles. The SMILES string of the molecule is CCC(CC=CCCC(C)C1CCC(S(=O)(=O)O)CC1)C1CCCCC1. The third-order valence-corrected chi connectivity index (χ3v) is 8.49. The predicted octanol–water partition coefficient (Wildman–Crippen LogP) is 6.40. The number of allylic oxidation sites excluding steroid dienone is 2. The molecular formula is C22H40O3S. The van der Waals surface area contributed by atoms with Crippen LogP contribution in [0, 0.1) is 23.7 Å². The van der Waals surface area contributed by atoms with E-state index in [-0.39, 0.29) is 0 Å². The summed E-state index contributed by atoms with van der Waals surface area (Å²) in [5, 5.41) is -0.517. The largest absolute Gasteiger partial charge is 0.285 e. The van der Waals surface area contributed by atoms with E-state index in [2.05, 4.69) is 26.0 Å². The highest BCUT2D eigenvalue weighted by molar-refractivity contribution is 7.86. The molecule has 2 atom stereocenters. The molecule has 0 aromatic rings. The van der Waals surface area contributed by atoms with Gasteiger partial charge in [0.05, 0.1) is 5.25 Å². The zero-order valence-corrected chi connectivity index (χ0v) is 17.7. The van der Waals surface area contributed by atoms with Crippen LogP contribution in [0.15, 0.2) is 12.2 Å². The average molecular weight is 385 g/mol. The molecule has 0 radical (unpaired) electrons. The summed E-state index contributed by atoms with van der Waals surface area (Å²) in [7, 11) is -3.83. The van der Waals surface area contributed by atoms with Crippen LogP contribution >= 0.6 is 0 Å². The zero-order valence-electron chi connectivity index (χ0n) is 16.9. The van der Waals surface area contributed by atoms with Gasteiger partial charge in [-0.15, -0.1) is 0 Å². The van der Waals surface area contributed by atoms with Gasteiger partial charge in [-0.25, -0.2) is 0 Å². The van der Waals surface area contributed by atoms with E-state index in [0.29, 0.717) is 24.7 Å². The Kier molecular flexibility index (Phi) is 9.16. The monoisotopic (exact) mass is 384 g/mol. The fraction of sp³-hybridized carbons (Fsp3) is 0.909. The standard InChI is InChI=1S/C22H40O3S/c1-3-19(21-12-8-5-9-13-21)11-7-4-6-10-18(2)20-14-16-22(17-15-20)26(23,24)25/h4,7,18-22H,3,5-6,8-17H2,1-2H3,(H,23,24,25). The molecule has 2 rings (SSSR count). The van der Waals surface area contributed by atoms with Crippen LogP contribution in [0.3, 0.4) is 0 Å². The van der Waals surface area contributed by atoms with Gasteiger partial charge < -0.3 is 0 Å². The summed E-state index contributed by atoms with van der Waals surface area (Å²) in [4.78, 5) is 0. The minimum Gasteiger partial charge on any atom is -0.285 e. The number of hydrogen-bond donors (Lipinski definition) is 1. The zero-order chi connectivity index (χ0) is 19.0. The van der Waals surface area contributed by atoms with E-state index in [0.717, 1.165) is 31.1 Å². The molecule has 4 heteroatoms.